The number of carbonyl (C=O) groups excluding carboxylic acids is 1. The van der Waals surface area contributed by atoms with Gasteiger partial charge in [0.1, 0.15) is 0 Å². The molecule has 0 rings (SSSR count). The van der Waals surface area contributed by atoms with E-state index in [0.717, 1.165) is 25.7 Å². The lowest BCUT2D eigenvalue weighted by atomic mass is 10.0. The molecule has 0 heterocycles. The maximum absolute atomic E-state index is 12.6. The first-order valence-corrected chi connectivity index (χ1v) is 31.0. The standard InChI is InChI=1S/C62H123NO4/c1-3-5-7-9-11-13-15-17-19-21-23-25-27-29-30-32-33-35-37-39-41-43-45-47-49-51-53-55-59(65)57-62(67)63-60(58-64)61(66)56-54-52-50-48-46-44-42-40-38-36-34-31-28-26-24-22-20-18-16-14-12-10-8-6-4-2/h54,56,59-61,64-66H,3-53,55,57-58H2,1-2H3,(H,63,67)/b56-54+. The van der Waals surface area contributed by atoms with E-state index in [1.807, 2.05) is 6.08 Å². The fourth-order valence-electron chi connectivity index (χ4n) is 10.1. The van der Waals surface area contributed by atoms with E-state index in [9.17, 15) is 20.1 Å². The van der Waals surface area contributed by atoms with Crippen LogP contribution in [0.3, 0.4) is 0 Å². The molecule has 4 N–H and O–H groups in total. The summed E-state index contributed by atoms with van der Waals surface area (Å²) in [5, 5.41) is 33.6. The summed E-state index contributed by atoms with van der Waals surface area (Å²) in [5.41, 5.74) is 0. The summed E-state index contributed by atoms with van der Waals surface area (Å²) in [7, 11) is 0. The molecule has 0 spiro atoms. The molecule has 0 aliphatic carbocycles. The van der Waals surface area contributed by atoms with E-state index in [2.05, 4.69) is 19.2 Å². The molecular formula is C62H123NO4. The van der Waals surface area contributed by atoms with Gasteiger partial charge < -0.3 is 20.6 Å². The van der Waals surface area contributed by atoms with Crippen molar-refractivity contribution in [2.75, 3.05) is 6.61 Å². The Morgan fingerprint density at radius 2 is 0.612 bits per heavy atom. The fourth-order valence-corrected chi connectivity index (χ4v) is 10.1. The molecule has 5 nitrogen and oxygen atoms in total. The van der Waals surface area contributed by atoms with Crippen molar-refractivity contribution >= 4 is 5.91 Å². The molecule has 400 valence electrons. The minimum Gasteiger partial charge on any atom is -0.394 e. The van der Waals surface area contributed by atoms with Crippen LogP contribution in [0.15, 0.2) is 12.2 Å². The van der Waals surface area contributed by atoms with Crippen molar-refractivity contribution in [2.24, 2.45) is 0 Å². The summed E-state index contributed by atoms with van der Waals surface area (Å²) in [6.45, 7) is 4.27. The molecule has 5 heteroatoms. The van der Waals surface area contributed by atoms with E-state index >= 15 is 0 Å². The number of aliphatic hydroxyl groups excluding tert-OH is 3. The average Bonchev–Trinajstić information content (AvgIpc) is 3.32. The third-order valence-electron chi connectivity index (χ3n) is 14.8. The zero-order valence-corrected chi connectivity index (χ0v) is 45.8. The molecule has 0 fully saturated rings. The molecule has 0 radical (unpaired) electrons. The Morgan fingerprint density at radius 1 is 0.373 bits per heavy atom. The van der Waals surface area contributed by atoms with Gasteiger partial charge in [-0.05, 0) is 19.3 Å². The first kappa shape index (κ1) is 66.1. The molecule has 0 aliphatic rings. The number of carbonyl (C=O) groups is 1. The highest BCUT2D eigenvalue weighted by molar-refractivity contribution is 5.76. The van der Waals surface area contributed by atoms with Crippen LogP contribution in [0.4, 0.5) is 0 Å². The first-order valence-electron chi connectivity index (χ1n) is 31.0. The highest BCUT2D eigenvalue weighted by atomic mass is 16.3. The van der Waals surface area contributed by atoms with Gasteiger partial charge in [-0.3, -0.25) is 4.79 Å². The van der Waals surface area contributed by atoms with E-state index in [1.165, 1.54) is 302 Å². The lowest BCUT2D eigenvalue weighted by molar-refractivity contribution is -0.124. The van der Waals surface area contributed by atoms with Gasteiger partial charge in [0, 0.05) is 0 Å². The van der Waals surface area contributed by atoms with E-state index in [4.69, 9.17) is 0 Å². The Kier molecular flexibility index (Phi) is 56.9. The zero-order valence-electron chi connectivity index (χ0n) is 45.8. The number of hydrogen-bond acceptors (Lipinski definition) is 4. The second-order valence-electron chi connectivity index (χ2n) is 21.7. The van der Waals surface area contributed by atoms with Gasteiger partial charge in [0.05, 0.1) is 31.3 Å². The molecule has 0 bridgehead atoms. The summed E-state index contributed by atoms with van der Waals surface area (Å²) >= 11 is 0. The number of unbranched alkanes of at least 4 members (excludes halogenated alkanes) is 49. The van der Waals surface area contributed by atoms with Crippen LogP contribution in [0.1, 0.15) is 354 Å². The molecule has 3 atom stereocenters. The summed E-state index contributed by atoms with van der Waals surface area (Å²) in [6.07, 6.45) is 72.8. The van der Waals surface area contributed by atoms with Crippen molar-refractivity contribution < 1.29 is 20.1 Å². The third kappa shape index (κ3) is 54.3. The molecule has 0 aliphatic heterocycles. The molecule has 0 aromatic heterocycles. The topological polar surface area (TPSA) is 89.8 Å². The third-order valence-corrected chi connectivity index (χ3v) is 14.8. The number of aliphatic hydroxyl groups is 3. The van der Waals surface area contributed by atoms with Gasteiger partial charge in [-0.1, -0.05) is 341 Å². The Bertz CT molecular complexity index is 956. The van der Waals surface area contributed by atoms with Crippen LogP contribution >= 0.6 is 0 Å². The SMILES string of the molecule is CCCCCCCCCCCCCCCCCCCCCCCCC/C=C/C(O)C(CO)NC(=O)CC(O)CCCCCCCCCCCCCCCCCCCCCCCCCCCCC. The summed E-state index contributed by atoms with van der Waals surface area (Å²) in [5.74, 6) is -0.307. The van der Waals surface area contributed by atoms with Crippen LogP contribution in [0.25, 0.3) is 0 Å². The minimum absolute atomic E-state index is 0.0198. The predicted octanol–water partition coefficient (Wildman–Crippen LogP) is 19.5. The monoisotopic (exact) mass is 946 g/mol. The Morgan fingerprint density at radius 3 is 0.866 bits per heavy atom. The molecule has 0 aromatic carbocycles. The van der Waals surface area contributed by atoms with Crippen molar-refractivity contribution in [1.82, 2.24) is 5.32 Å². The highest BCUT2D eigenvalue weighted by Gasteiger charge is 2.20. The summed E-state index contributed by atoms with van der Waals surface area (Å²) in [6, 6.07) is -0.742. The van der Waals surface area contributed by atoms with E-state index in [-0.39, 0.29) is 18.9 Å². The molecule has 0 saturated carbocycles. The summed E-state index contributed by atoms with van der Waals surface area (Å²) in [4.78, 5) is 12.6. The van der Waals surface area contributed by atoms with Gasteiger partial charge in [0.15, 0.2) is 0 Å². The molecule has 3 unspecified atom stereocenters. The second-order valence-corrected chi connectivity index (χ2v) is 21.7. The van der Waals surface area contributed by atoms with Gasteiger partial charge >= 0.3 is 0 Å². The van der Waals surface area contributed by atoms with Crippen molar-refractivity contribution in [3.63, 3.8) is 0 Å². The highest BCUT2D eigenvalue weighted by Crippen LogP contribution is 2.19. The zero-order chi connectivity index (χ0) is 48.6. The molecule has 0 aromatic rings. The Hall–Kier alpha value is -0.910. The van der Waals surface area contributed by atoms with Crippen LogP contribution in [0.2, 0.25) is 0 Å². The van der Waals surface area contributed by atoms with Gasteiger partial charge in [0.2, 0.25) is 5.91 Å². The number of allylic oxidation sites excluding steroid dienone is 1. The number of rotatable bonds is 58. The Balaban J connectivity index is 3.50. The predicted molar refractivity (Wildman–Crippen MR) is 296 cm³/mol. The van der Waals surface area contributed by atoms with Crippen molar-refractivity contribution in [2.45, 2.75) is 372 Å². The summed E-state index contributed by atoms with van der Waals surface area (Å²) < 4.78 is 0. The quantitative estimate of drug-likeness (QED) is 0.0361. The molecule has 67 heavy (non-hydrogen) atoms. The van der Waals surface area contributed by atoms with Crippen molar-refractivity contribution in [3.8, 4) is 0 Å². The van der Waals surface area contributed by atoms with Crippen LogP contribution in [-0.2, 0) is 4.79 Å². The fraction of sp³-hybridized carbons (Fsp3) is 0.952. The van der Waals surface area contributed by atoms with Gasteiger partial charge in [-0.15, -0.1) is 0 Å². The van der Waals surface area contributed by atoms with Crippen LogP contribution < -0.4 is 5.32 Å². The van der Waals surface area contributed by atoms with E-state index < -0.39 is 18.2 Å². The number of nitrogens with one attached hydrogen (secondary N) is 1. The molecule has 0 saturated heterocycles. The van der Waals surface area contributed by atoms with Crippen molar-refractivity contribution in [3.05, 3.63) is 12.2 Å². The maximum atomic E-state index is 12.6. The lowest BCUT2D eigenvalue weighted by Gasteiger charge is -2.21. The van der Waals surface area contributed by atoms with Gasteiger partial charge in [-0.25, -0.2) is 0 Å². The van der Waals surface area contributed by atoms with E-state index in [0.29, 0.717) is 6.42 Å². The largest absolute Gasteiger partial charge is 0.394 e. The van der Waals surface area contributed by atoms with Crippen LogP contribution in [0.5, 0.6) is 0 Å². The number of amides is 1. The smallest absolute Gasteiger partial charge is 0.222 e. The Labute approximate surface area is 420 Å². The second kappa shape index (κ2) is 57.7. The van der Waals surface area contributed by atoms with Crippen LogP contribution in [0, 0.1) is 0 Å². The maximum Gasteiger partial charge on any atom is 0.222 e. The molecular weight excluding hydrogens is 823 g/mol. The first-order chi connectivity index (χ1) is 33.0. The average molecular weight is 947 g/mol. The normalized spacial score (nSPS) is 13.2. The molecule has 1 amide bonds. The lowest BCUT2D eigenvalue weighted by Crippen LogP contribution is -2.45. The number of hydrogen-bond donors (Lipinski definition) is 4. The van der Waals surface area contributed by atoms with Gasteiger partial charge in [-0.2, -0.15) is 0 Å². The van der Waals surface area contributed by atoms with Gasteiger partial charge in [0.25, 0.3) is 0 Å². The van der Waals surface area contributed by atoms with Crippen molar-refractivity contribution in [1.29, 1.82) is 0 Å². The van der Waals surface area contributed by atoms with Crippen LogP contribution in [-0.4, -0.2) is 46.1 Å². The minimum atomic E-state index is -0.927. The van der Waals surface area contributed by atoms with E-state index in [1.54, 1.807) is 6.08 Å².